The minimum atomic E-state index is -0.611. The lowest BCUT2D eigenvalue weighted by Gasteiger charge is -2.15. The van der Waals surface area contributed by atoms with E-state index in [4.69, 9.17) is 0 Å². The molecular formula is C15H21N3O. The first-order valence-electron chi connectivity index (χ1n) is 6.29. The van der Waals surface area contributed by atoms with Gasteiger partial charge in [-0.15, -0.1) is 6.58 Å². The first-order chi connectivity index (χ1) is 8.94. The van der Waals surface area contributed by atoms with E-state index in [2.05, 4.69) is 22.1 Å². The molecule has 1 unspecified atom stereocenters. The van der Waals surface area contributed by atoms with Crippen molar-refractivity contribution in [3.8, 4) is 0 Å². The molecule has 0 aliphatic rings. The van der Waals surface area contributed by atoms with Gasteiger partial charge in [-0.05, 0) is 26.3 Å². The minimum Gasteiger partial charge on any atom is -0.350 e. The number of azo groups is 1. The molecule has 1 rings (SSSR count). The largest absolute Gasteiger partial charge is 0.350 e. The maximum atomic E-state index is 12.1. The molecule has 0 bridgehead atoms. The number of carbonyl (C=O) groups excluding carboxylic acids is 1. The van der Waals surface area contributed by atoms with Gasteiger partial charge in [0.25, 0.3) is 5.91 Å². The van der Waals surface area contributed by atoms with Crippen molar-refractivity contribution < 1.29 is 4.79 Å². The predicted octanol–water partition coefficient (Wildman–Crippen LogP) is 3.28. The molecule has 0 aliphatic carbocycles. The third-order valence-corrected chi connectivity index (χ3v) is 2.26. The lowest BCUT2D eigenvalue weighted by Crippen LogP contribution is -2.28. The van der Waals surface area contributed by atoms with Crippen LogP contribution in [0.1, 0.15) is 32.4 Å². The summed E-state index contributed by atoms with van der Waals surface area (Å²) in [6.07, 6.45) is 1.64. The summed E-state index contributed by atoms with van der Waals surface area (Å²) >= 11 is 0. The molecule has 0 saturated carbocycles. The summed E-state index contributed by atoms with van der Waals surface area (Å²) in [5, 5.41) is 11.2. The van der Waals surface area contributed by atoms with Crippen molar-refractivity contribution in [2.75, 3.05) is 6.54 Å². The smallest absolute Gasteiger partial charge is 0.251 e. The van der Waals surface area contributed by atoms with Gasteiger partial charge in [-0.25, -0.2) is 0 Å². The maximum absolute atomic E-state index is 12.1. The van der Waals surface area contributed by atoms with Gasteiger partial charge in [0.15, 0.2) is 6.04 Å². The van der Waals surface area contributed by atoms with Crippen LogP contribution in [0.2, 0.25) is 0 Å². The number of benzene rings is 1. The third kappa shape index (κ3) is 5.46. The molecule has 0 saturated heterocycles. The van der Waals surface area contributed by atoms with Crippen molar-refractivity contribution in [2.24, 2.45) is 10.2 Å². The molecule has 1 amide bonds. The zero-order valence-corrected chi connectivity index (χ0v) is 11.8. The summed E-state index contributed by atoms with van der Waals surface area (Å²) in [5.41, 5.74) is 0.531. The SMILES string of the molecule is C=CCNC(=O)C(N=NC(C)(C)C)c1ccccc1. The lowest BCUT2D eigenvalue weighted by atomic mass is 10.1. The molecule has 1 atom stereocenters. The van der Waals surface area contributed by atoms with Crippen molar-refractivity contribution in [1.29, 1.82) is 0 Å². The number of amides is 1. The summed E-state index contributed by atoms with van der Waals surface area (Å²) in [5.74, 6) is -0.167. The van der Waals surface area contributed by atoms with Crippen LogP contribution >= 0.6 is 0 Å². The van der Waals surface area contributed by atoms with Gasteiger partial charge >= 0.3 is 0 Å². The van der Waals surface area contributed by atoms with Crippen LogP contribution in [0.3, 0.4) is 0 Å². The van der Waals surface area contributed by atoms with E-state index >= 15 is 0 Å². The van der Waals surface area contributed by atoms with Crippen LogP contribution in [-0.4, -0.2) is 18.0 Å². The molecule has 4 nitrogen and oxygen atoms in total. The lowest BCUT2D eigenvalue weighted by molar-refractivity contribution is -0.122. The Hall–Kier alpha value is -1.97. The van der Waals surface area contributed by atoms with Crippen LogP contribution in [0.4, 0.5) is 0 Å². The molecular weight excluding hydrogens is 238 g/mol. The Balaban J connectivity index is 2.94. The fourth-order valence-corrected chi connectivity index (χ4v) is 1.41. The Labute approximate surface area is 114 Å². The van der Waals surface area contributed by atoms with Gasteiger partial charge < -0.3 is 5.32 Å². The molecule has 0 spiro atoms. The molecule has 0 fully saturated rings. The van der Waals surface area contributed by atoms with Crippen LogP contribution in [0.25, 0.3) is 0 Å². The second kappa shape index (κ2) is 6.83. The molecule has 1 N–H and O–H groups in total. The monoisotopic (exact) mass is 259 g/mol. The van der Waals surface area contributed by atoms with E-state index < -0.39 is 6.04 Å². The number of nitrogens with one attached hydrogen (secondary N) is 1. The van der Waals surface area contributed by atoms with E-state index in [1.165, 1.54) is 0 Å². The van der Waals surface area contributed by atoms with Crippen LogP contribution in [-0.2, 0) is 4.79 Å². The molecule has 0 aliphatic heterocycles. The third-order valence-electron chi connectivity index (χ3n) is 2.26. The summed E-state index contributed by atoms with van der Waals surface area (Å²) in [7, 11) is 0. The first kappa shape index (κ1) is 15.1. The predicted molar refractivity (Wildman–Crippen MR) is 77.0 cm³/mol. The summed E-state index contributed by atoms with van der Waals surface area (Å²) < 4.78 is 0. The molecule has 19 heavy (non-hydrogen) atoms. The van der Waals surface area contributed by atoms with E-state index in [1.807, 2.05) is 51.1 Å². The van der Waals surface area contributed by atoms with Crippen molar-refractivity contribution in [2.45, 2.75) is 32.4 Å². The second-order valence-electron chi connectivity index (χ2n) is 5.23. The van der Waals surface area contributed by atoms with Crippen molar-refractivity contribution in [3.05, 3.63) is 48.6 Å². The van der Waals surface area contributed by atoms with Crippen molar-refractivity contribution >= 4 is 5.91 Å². The molecule has 102 valence electrons. The molecule has 0 radical (unpaired) electrons. The molecule has 1 aromatic carbocycles. The van der Waals surface area contributed by atoms with Crippen molar-refractivity contribution in [1.82, 2.24) is 5.32 Å². The summed E-state index contributed by atoms with van der Waals surface area (Å²) in [6, 6.07) is 8.81. The van der Waals surface area contributed by atoms with E-state index in [-0.39, 0.29) is 11.4 Å². The van der Waals surface area contributed by atoms with Gasteiger partial charge in [-0.2, -0.15) is 10.2 Å². The standard InChI is InChI=1S/C15H21N3O/c1-5-11-16-14(19)13(17-18-15(2,3)4)12-9-7-6-8-10-12/h5-10,13H,1,11H2,2-4H3,(H,16,19). The number of rotatable bonds is 5. The van der Waals surface area contributed by atoms with E-state index in [0.717, 1.165) is 5.56 Å². The highest BCUT2D eigenvalue weighted by molar-refractivity contribution is 5.83. The summed E-state index contributed by atoms with van der Waals surface area (Å²) in [6.45, 7) is 9.84. The Bertz CT molecular complexity index is 446. The highest BCUT2D eigenvalue weighted by Crippen LogP contribution is 2.20. The van der Waals surface area contributed by atoms with Crippen LogP contribution < -0.4 is 5.32 Å². The number of hydrogen-bond donors (Lipinski definition) is 1. The Morgan fingerprint density at radius 2 is 2.00 bits per heavy atom. The molecule has 0 heterocycles. The number of hydrogen-bond acceptors (Lipinski definition) is 3. The number of nitrogens with zero attached hydrogens (tertiary/aromatic N) is 2. The van der Waals surface area contributed by atoms with Crippen LogP contribution in [0.5, 0.6) is 0 Å². The Morgan fingerprint density at radius 1 is 1.37 bits per heavy atom. The average molecular weight is 259 g/mol. The zero-order chi connectivity index (χ0) is 14.3. The highest BCUT2D eigenvalue weighted by atomic mass is 16.2. The van der Waals surface area contributed by atoms with Gasteiger partial charge in [0.1, 0.15) is 0 Å². The quantitative estimate of drug-likeness (QED) is 0.640. The van der Waals surface area contributed by atoms with Crippen molar-refractivity contribution in [3.63, 3.8) is 0 Å². The maximum Gasteiger partial charge on any atom is 0.251 e. The van der Waals surface area contributed by atoms with E-state index in [9.17, 15) is 4.79 Å². The fraction of sp³-hybridized carbons (Fsp3) is 0.400. The van der Waals surface area contributed by atoms with Gasteiger partial charge in [0.2, 0.25) is 0 Å². The average Bonchev–Trinajstić information content (AvgIpc) is 2.36. The van der Waals surface area contributed by atoms with Gasteiger partial charge in [0, 0.05) is 6.54 Å². The normalized spacial score (nSPS) is 13.2. The molecule has 0 aromatic heterocycles. The fourth-order valence-electron chi connectivity index (χ4n) is 1.41. The minimum absolute atomic E-state index is 0.167. The van der Waals surface area contributed by atoms with Crippen LogP contribution in [0.15, 0.2) is 53.2 Å². The highest BCUT2D eigenvalue weighted by Gasteiger charge is 2.20. The molecule has 1 aromatic rings. The zero-order valence-electron chi connectivity index (χ0n) is 11.8. The van der Waals surface area contributed by atoms with E-state index in [1.54, 1.807) is 6.08 Å². The second-order valence-corrected chi connectivity index (χ2v) is 5.23. The van der Waals surface area contributed by atoms with Crippen LogP contribution in [0, 0.1) is 0 Å². The first-order valence-corrected chi connectivity index (χ1v) is 6.29. The van der Waals surface area contributed by atoms with E-state index in [0.29, 0.717) is 6.54 Å². The Morgan fingerprint density at radius 3 is 2.53 bits per heavy atom. The van der Waals surface area contributed by atoms with Gasteiger partial charge in [0.05, 0.1) is 5.54 Å². The summed E-state index contributed by atoms with van der Waals surface area (Å²) in [4.78, 5) is 12.1. The number of carbonyl (C=O) groups is 1. The van der Waals surface area contributed by atoms with Gasteiger partial charge in [-0.3, -0.25) is 4.79 Å². The van der Waals surface area contributed by atoms with Gasteiger partial charge in [-0.1, -0.05) is 36.4 Å². The topological polar surface area (TPSA) is 53.8 Å². The Kier molecular flexibility index (Phi) is 5.42. The molecule has 4 heteroatoms.